The summed E-state index contributed by atoms with van der Waals surface area (Å²) in [7, 11) is -2.48. The van der Waals surface area contributed by atoms with Gasteiger partial charge in [0.25, 0.3) is 0 Å². The van der Waals surface area contributed by atoms with E-state index in [1.54, 1.807) is 49.4 Å². The molecule has 0 atom stereocenters. The van der Waals surface area contributed by atoms with Gasteiger partial charge < -0.3 is 15.4 Å². The van der Waals surface area contributed by atoms with Crippen LogP contribution in [0.3, 0.4) is 0 Å². The van der Waals surface area contributed by atoms with Crippen molar-refractivity contribution in [1.29, 1.82) is 0 Å². The van der Waals surface area contributed by atoms with Crippen LogP contribution in [0, 0.1) is 6.92 Å². The molecule has 8 nitrogen and oxygen atoms in total. The lowest BCUT2D eigenvalue weighted by Gasteiger charge is -2.22. The Morgan fingerprint density at radius 3 is 2.21 bits per heavy atom. The zero-order chi connectivity index (χ0) is 24.7. The third kappa shape index (κ3) is 6.43. The molecule has 178 valence electrons. The molecule has 0 aliphatic heterocycles. The minimum Gasteiger partial charge on any atom is -0.496 e. The third-order valence-corrected chi connectivity index (χ3v) is 6.78. The van der Waals surface area contributed by atoms with Gasteiger partial charge in [-0.15, -0.1) is 0 Å². The molecule has 0 radical (unpaired) electrons. The second kappa shape index (κ2) is 11.0. The molecule has 0 aliphatic rings. The quantitative estimate of drug-likeness (QED) is 0.484. The van der Waals surface area contributed by atoms with Crippen molar-refractivity contribution in [3.8, 4) is 5.75 Å². The molecule has 0 saturated carbocycles. The van der Waals surface area contributed by atoms with E-state index in [1.165, 1.54) is 26.2 Å². The van der Waals surface area contributed by atoms with Crippen LogP contribution in [0.1, 0.15) is 18.1 Å². The lowest BCUT2D eigenvalue weighted by molar-refractivity contribution is -0.116. The van der Waals surface area contributed by atoms with Crippen molar-refractivity contribution >= 4 is 33.2 Å². The standard InChI is InChI=1S/C25H27N3O5S/c1-18-14-23(12-13-24(18)33-3)34(31,32)28(16-20-8-5-4-6-9-20)17-25(30)27-22-11-7-10-21(15-22)26-19(2)29/h4-15H,16-17H2,1-3H3,(H,26,29)(H,27,30). The molecule has 3 rings (SSSR count). The molecule has 9 heteroatoms. The van der Waals surface area contributed by atoms with Crippen molar-refractivity contribution in [2.75, 3.05) is 24.3 Å². The van der Waals surface area contributed by atoms with Gasteiger partial charge in [-0.3, -0.25) is 9.59 Å². The summed E-state index contributed by atoms with van der Waals surface area (Å²) < 4.78 is 33.4. The number of rotatable bonds is 9. The number of amides is 2. The number of methoxy groups -OCH3 is 1. The average molecular weight is 482 g/mol. The van der Waals surface area contributed by atoms with Gasteiger partial charge in [-0.25, -0.2) is 8.42 Å². The normalized spacial score (nSPS) is 11.2. The molecule has 0 spiro atoms. The van der Waals surface area contributed by atoms with Gasteiger partial charge in [0.05, 0.1) is 18.6 Å². The molecule has 3 aromatic rings. The highest BCUT2D eigenvalue weighted by Crippen LogP contribution is 2.25. The van der Waals surface area contributed by atoms with E-state index in [4.69, 9.17) is 4.74 Å². The minimum atomic E-state index is -4.00. The van der Waals surface area contributed by atoms with E-state index in [9.17, 15) is 18.0 Å². The highest BCUT2D eigenvalue weighted by atomic mass is 32.2. The summed E-state index contributed by atoms with van der Waals surface area (Å²) in [5, 5.41) is 5.35. The first-order chi connectivity index (χ1) is 16.2. The number of nitrogens with zero attached hydrogens (tertiary/aromatic N) is 1. The van der Waals surface area contributed by atoms with Crippen LogP contribution in [0.5, 0.6) is 5.75 Å². The van der Waals surface area contributed by atoms with E-state index in [-0.39, 0.29) is 17.3 Å². The van der Waals surface area contributed by atoms with E-state index in [0.29, 0.717) is 22.7 Å². The Morgan fingerprint density at radius 1 is 0.912 bits per heavy atom. The SMILES string of the molecule is COc1ccc(S(=O)(=O)N(CC(=O)Nc2cccc(NC(C)=O)c2)Cc2ccccc2)cc1C. The summed E-state index contributed by atoms with van der Waals surface area (Å²) in [5.74, 6) is -0.173. The highest BCUT2D eigenvalue weighted by Gasteiger charge is 2.27. The molecular weight excluding hydrogens is 454 g/mol. The van der Waals surface area contributed by atoms with Crippen LogP contribution in [-0.4, -0.2) is 38.2 Å². The zero-order valence-electron chi connectivity index (χ0n) is 19.2. The summed E-state index contributed by atoms with van der Waals surface area (Å²) in [6.45, 7) is 2.77. The summed E-state index contributed by atoms with van der Waals surface area (Å²) in [5.41, 5.74) is 2.38. The molecule has 0 saturated heterocycles. The molecule has 0 bridgehead atoms. The number of aryl methyl sites for hydroxylation is 1. The molecular formula is C25H27N3O5S. The number of anilines is 2. The Morgan fingerprint density at radius 2 is 1.59 bits per heavy atom. The first kappa shape index (κ1) is 24.9. The van der Waals surface area contributed by atoms with E-state index in [0.717, 1.165) is 9.87 Å². The molecule has 2 amide bonds. The maximum absolute atomic E-state index is 13.5. The lowest BCUT2D eigenvalue weighted by Crippen LogP contribution is -2.37. The fourth-order valence-corrected chi connectivity index (χ4v) is 4.88. The highest BCUT2D eigenvalue weighted by molar-refractivity contribution is 7.89. The molecule has 0 aromatic heterocycles. The van der Waals surface area contributed by atoms with Crippen LogP contribution in [0.25, 0.3) is 0 Å². The monoisotopic (exact) mass is 481 g/mol. The maximum atomic E-state index is 13.5. The first-order valence-electron chi connectivity index (χ1n) is 10.6. The van der Waals surface area contributed by atoms with E-state index >= 15 is 0 Å². The molecule has 34 heavy (non-hydrogen) atoms. The van der Waals surface area contributed by atoms with E-state index in [2.05, 4.69) is 10.6 Å². The van der Waals surface area contributed by atoms with Crippen molar-refractivity contribution in [3.63, 3.8) is 0 Å². The Labute approximate surface area is 199 Å². The number of ether oxygens (including phenoxy) is 1. The number of hydrogen-bond acceptors (Lipinski definition) is 5. The minimum absolute atomic E-state index is 0.0214. The van der Waals surface area contributed by atoms with Crippen LogP contribution < -0.4 is 15.4 Å². The predicted octanol–water partition coefficient (Wildman–Crippen LogP) is 3.79. The van der Waals surface area contributed by atoms with Gasteiger partial charge in [0, 0.05) is 24.8 Å². The second-order valence-electron chi connectivity index (χ2n) is 7.70. The van der Waals surface area contributed by atoms with Crippen molar-refractivity contribution < 1.29 is 22.7 Å². The van der Waals surface area contributed by atoms with Crippen LogP contribution in [0.15, 0.2) is 77.7 Å². The Bertz CT molecular complexity index is 1280. The van der Waals surface area contributed by atoms with Crippen LogP contribution >= 0.6 is 0 Å². The summed E-state index contributed by atoms with van der Waals surface area (Å²) >= 11 is 0. The number of benzene rings is 3. The Balaban J connectivity index is 1.86. The van der Waals surface area contributed by atoms with Crippen molar-refractivity contribution in [3.05, 3.63) is 83.9 Å². The van der Waals surface area contributed by atoms with Gasteiger partial charge in [0.2, 0.25) is 21.8 Å². The molecule has 0 heterocycles. The first-order valence-corrected chi connectivity index (χ1v) is 12.0. The van der Waals surface area contributed by atoms with Crippen molar-refractivity contribution in [2.24, 2.45) is 0 Å². The topological polar surface area (TPSA) is 105 Å². The van der Waals surface area contributed by atoms with Crippen LogP contribution in [0.2, 0.25) is 0 Å². The summed E-state index contributed by atoms with van der Waals surface area (Å²) in [6.07, 6.45) is 0. The Kier molecular flexibility index (Phi) is 8.04. The fraction of sp³-hybridized carbons (Fsp3) is 0.200. The summed E-state index contributed by atoms with van der Waals surface area (Å²) in [4.78, 5) is 24.2. The van der Waals surface area contributed by atoms with Crippen LogP contribution in [-0.2, 0) is 26.2 Å². The maximum Gasteiger partial charge on any atom is 0.243 e. The summed E-state index contributed by atoms with van der Waals surface area (Å²) in [6, 6.07) is 20.3. The largest absolute Gasteiger partial charge is 0.496 e. The molecule has 3 aromatic carbocycles. The van der Waals surface area contributed by atoms with Gasteiger partial charge in [0.15, 0.2) is 0 Å². The molecule has 0 unspecified atom stereocenters. The number of carbonyl (C=O) groups is 2. The van der Waals surface area contributed by atoms with Crippen molar-refractivity contribution in [2.45, 2.75) is 25.3 Å². The number of sulfonamides is 1. The Hall–Kier alpha value is -3.69. The number of nitrogens with one attached hydrogen (secondary N) is 2. The average Bonchev–Trinajstić information content (AvgIpc) is 2.79. The van der Waals surface area contributed by atoms with Gasteiger partial charge in [-0.1, -0.05) is 36.4 Å². The zero-order valence-corrected chi connectivity index (χ0v) is 20.1. The molecule has 0 aliphatic carbocycles. The third-order valence-electron chi connectivity index (χ3n) is 4.99. The van der Waals surface area contributed by atoms with Gasteiger partial charge >= 0.3 is 0 Å². The van der Waals surface area contributed by atoms with Crippen molar-refractivity contribution in [1.82, 2.24) is 4.31 Å². The van der Waals surface area contributed by atoms with Gasteiger partial charge in [0.1, 0.15) is 5.75 Å². The smallest absolute Gasteiger partial charge is 0.243 e. The molecule has 0 fully saturated rings. The second-order valence-corrected chi connectivity index (χ2v) is 9.64. The molecule has 2 N–H and O–H groups in total. The number of carbonyl (C=O) groups excluding carboxylic acids is 2. The van der Waals surface area contributed by atoms with E-state index in [1.807, 2.05) is 18.2 Å². The number of hydrogen-bond donors (Lipinski definition) is 2. The van der Waals surface area contributed by atoms with Crippen LogP contribution in [0.4, 0.5) is 11.4 Å². The van der Waals surface area contributed by atoms with E-state index < -0.39 is 22.5 Å². The van der Waals surface area contributed by atoms with Gasteiger partial charge in [-0.2, -0.15) is 4.31 Å². The fourth-order valence-electron chi connectivity index (χ4n) is 3.41. The van der Waals surface area contributed by atoms with Gasteiger partial charge in [-0.05, 0) is 54.4 Å². The predicted molar refractivity (Wildman–Crippen MR) is 131 cm³/mol. The lowest BCUT2D eigenvalue weighted by atomic mass is 10.2.